The molecule has 1 aliphatic carbocycles. The van der Waals surface area contributed by atoms with Gasteiger partial charge >= 0.3 is 0 Å². The molecule has 1 unspecified atom stereocenters. The van der Waals surface area contributed by atoms with Gasteiger partial charge in [0, 0.05) is 14.2 Å². The van der Waals surface area contributed by atoms with E-state index in [1.165, 1.54) is 37.0 Å². The zero-order chi connectivity index (χ0) is 10.8. The maximum atomic E-state index is 10.3. The fourth-order valence-electron chi connectivity index (χ4n) is 2.31. The summed E-state index contributed by atoms with van der Waals surface area (Å²) in [5.74, 6) is 0.490. The molecule has 84 valence electrons. The van der Waals surface area contributed by atoms with E-state index in [-0.39, 0.29) is 6.10 Å². The standard InChI is InChI=1S/C12H17BrOS/c1-8-10(13)7-11(15-8)12(14)9-5-3-2-4-6-9/h7,9,12,14H,2-6H2,1H3. The van der Waals surface area contributed by atoms with Crippen LogP contribution in [-0.4, -0.2) is 5.11 Å². The van der Waals surface area contributed by atoms with Crippen LogP contribution in [0.25, 0.3) is 0 Å². The maximum Gasteiger partial charge on any atom is 0.0910 e. The molecule has 2 rings (SSSR count). The Morgan fingerprint density at radius 1 is 1.40 bits per heavy atom. The SMILES string of the molecule is Cc1sc(C(O)C2CCCCC2)cc1Br. The molecule has 0 aliphatic heterocycles. The lowest BCUT2D eigenvalue weighted by molar-refractivity contribution is 0.0879. The third kappa shape index (κ3) is 2.63. The molecule has 0 aromatic carbocycles. The third-order valence-electron chi connectivity index (χ3n) is 3.26. The third-order valence-corrected chi connectivity index (χ3v) is 5.47. The van der Waals surface area contributed by atoms with Gasteiger partial charge < -0.3 is 5.11 Å². The minimum atomic E-state index is -0.236. The molecule has 15 heavy (non-hydrogen) atoms. The molecular weight excluding hydrogens is 272 g/mol. The molecule has 1 aromatic rings. The number of aryl methyl sites for hydroxylation is 1. The second kappa shape index (κ2) is 4.98. The van der Waals surface area contributed by atoms with Crippen LogP contribution >= 0.6 is 27.3 Å². The van der Waals surface area contributed by atoms with E-state index in [4.69, 9.17) is 0 Å². The van der Waals surface area contributed by atoms with Gasteiger partial charge in [0.1, 0.15) is 0 Å². The molecule has 0 spiro atoms. The quantitative estimate of drug-likeness (QED) is 0.853. The van der Waals surface area contributed by atoms with E-state index in [1.807, 2.05) is 0 Å². The van der Waals surface area contributed by atoms with Crippen molar-refractivity contribution >= 4 is 27.3 Å². The van der Waals surface area contributed by atoms with Crippen LogP contribution in [0.2, 0.25) is 0 Å². The van der Waals surface area contributed by atoms with Gasteiger partial charge in [0.15, 0.2) is 0 Å². The fourth-order valence-corrected chi connectivity index (χ4v) is 3.95. The number of aliphatic hydroxyl groups is 1. The topological polar surface area (TPSA) is 20.2 Å². The molecule has 0 bridgehead atoms. The Morgan fingerprint density at radius 3 is 2.60 bits per heavy atom. The number of halogens is 1. The summed E-state index contributed by atoms with van der Waals surface area (Å²) in [6.07, 6.45) is 6.06. The van der Waals surface area contributed by atoms with Crippen molar-refractivity contribution < 1.29 is 5.11 Å². The van der Waals surface area contributed by atoms with Crippen LogP contribution < -0.4 is 0 Å². The number of aliphatic hydroxyl groups excluding tert-OH is 1. The molecule has 3 heteroatoms. The molecule has 0 radical (unpaired) electrons. The van der Waals surface area contributed by atoms with Crippen molar-refractivity contribution in [1.29, 1.82) is 0 Å². The van der Waals surface area contributed by atoms with Crippen LogP contribution in [0.15, 0.2) is 10.5 Å². The number of hydrogen-bond donors (Lipinski definition) is 1. The van der Waals surface area contributed by atoms with E-state index in [0.29, 0.717) is 5.92 Å². The van der Waals surface area contributed by atoms with Crippen molar-refractivity contribution in [3.8, 4) is 0 Å². The van der Waals surface area contributed by atoms with E-state index in [0.717, 1.165) is 9.35 Å². The molecule has 1 aromatic heterocycles. The van der Waals surface area contributed by atoms with Crippen LogP contribution in [-0.2, 0) is 0 Å². The van der Waals surface area contributed by atoms with Crippen molar-refractivity contribution in [2.45, 2.75) is 45.1 Å². The van der Waals surface area contributed by atoms with Crippen molar-refractivity contribution in [2.24, 2.45) is 5.92 Å². The molecule has 1 saturated carbocycles. The summed E-state index contributed by atoms with van der Waals surface area (Å²) in [4.78, 5) is 2.39. The van der Waals surface area contributed by atoms with Crippen molar-refractivity contribution in [3.63, 3.8) is 0 Å². The highest BCUT2D eigenvalue weighted by Crippen LogP contribution is 2.39. The van der Waals surface area contributed by atoms with Crippen LogP contribution in [0.5, 0.6) is 0 Å². The van der Waals surface area contributed by atoms with Crippen molar-refractivity contribution in [1.82, 2.24) is 0 Å². The highest BCUT2D eigenvalue weighted by Gasteiger charge is 2.24. The van der Waals surface area contributed by atoms with Gasteiger partial charge in [-0.2, -0.15) is 0 Å². The highest BCUT2D eigenvalue weighted by atomic mass is 79.9. The molecule has 1 atom stereocenters. The molecule has 1 heterocycles. The first-order chi connectivity index (χ1) is 7.18. The van der Waals surface area contributed by atoms with E-state index in [2.05, 4.69) is 28.9 Å². The van der Waals surface area contributed by atoms with Gasteiger partial charge in [0.25, 0.3) is 0 Å². The summed E-state index contributed by atoms with van der Waals surface area (Å²) in [5.41, 5.74) is 0. The van der Waals surface area contributed by atoms with E-state index in [9.17, 15) is 5.11 Å². The first-order valence-electron chi connectivity index (χ1n) is 5.62. The molecule has 1 aliphatic rings. The van der Waals surface area contributed by atoms with Crippen LogP contribution in [0.3, 0.4) is 0 Å². The zero-order valence-corrected chi connectivity index (χ0v) is 11.4. The zero-order valence-electron chi connectivity index (χ0n) is 9.00. The maximum absolute atomic E-state index is 10.3. The first-order valence-corrected chi connectivity index (χ1v) is 7.23. The Bertz CT molecular complexity index is 309. The van der Waals surface area contributed by atoms with Crippen LogP contribution in [0.4, 0.5) is 0 Å². The van der Waals surface area contributed by atoms with E-state index in [1.54, 1.807) is 11.3 Å². The second-order valence-electron chi connectivity index (χ2n) is 4.40. The van der Waals surface area contributed by atoms with Gasteiger partial charge in [-0.25, -0.2) is 0 Å². The fraction of sp³-hybridized carbons (Fsp3) is 0.667. The molecule has 1 N–H and O–H groups in total. The number of rotatable bonds is 2. The monoisotopic (exact) mass is 288 g/mol. The summed E-state index contributed by atoms with van der Waals surface area (Å²) in [6, 6.07) is 2.08. The van der Waals surface area contributed by atoms with Gasteiger partial charge in [-0.1, -0.05) is 19.3 Å². The van der Waals surface area contributed by atoms with Gasteiger partial charge in [-0.15, -0.1) is 11.3 Å². The Balaban J connectivity index is 2.08. The first kappa shape index (κ1) is 11.6. The average Bonchev–Trinajstić information content (AvgIpc) is 2.59. The van der Waals surface area contributed by atoms with Crippen LogP contribution in [0.1, 0.15) is 48.0 Å². The summed E-state index contributed by atoms with van der Waals surface area (Å²) in [7, 11) is 0. The normalized spacial score (nSPS) is 20.5. The van der Waals surface area contributed by atoms with Crippen molar-refractivity contribution in [3.05, 3.63) is 20.3 Å². The Morgan fingerprint density at radius 2 is 2.07 bits per heavy atom. The smallest absolute Gasteiger partial charge is 0.0910 e. The highest BCUT2D eigenvalue weighted by molar-refractivity contribution is 9.10. The molecule has 1 nitrogen and oxygen atoms in total. The predicted octanol–water partition coefficient (Wildman–Crippen LogP) is 4.43. The lowest BCUT2D eigenvalue weighted by Gasteiger charge is -2.25. The number of hydrogen-bond acceptors (Lipinski definition) is 2. The van der Waals surface area contributed by atoms with Gasteiger partial charge in [0.05, 0.1) is 6.10 Å². The van der Waals surface area contributed by atoms with Gasteiger partial charge in [-0.05, 0) is 47.7 Å². The Hall–Kier alpha value is 0.140. The minimum Gasteiger partial charge on any atom is -0.387 e. The summed E-state index contributed by atoms with van der Waals surface area (Å²) in [6.45, 7) is 2.09. The lowest BCUT2D eigenvalue weighted by atomic mass is 9.85. The largest absolute Gasteiger partial charge is 0.387 e. The number of thiophene rings is 1. The van der Waals surface area contributed by atoms with Gasteiger partial charge in [0.2, 0.25) is 0 Å². The van der Waals surface area contributed by atoms with Crippen LogP contribution in [0, 0.1) is 12.8 Å². The average molecular weight is 289 g/mol. The summed E-state index contributed by atoms with van der Waals surface area (Å²) in [5, 5.41) is 10.3. The molecular formula is C12H17BrOS. The lowest BCUT2D eigenvalue weighted by Crippen LogP contribution is -2.14. The molecule has 0 amide bonds. The summed E-state index contributed by atoms with van der Waals surface area (Å²) < 4.78 is 1.14. The minimum absolute atomic E-state index is 0.236. The second-order valence-corrected chi connectivity index (χ2v) is 6.54. The van der Waals surface area contributed by atoms with Gasteiger partial charge in [-0.3, -0.25) is 0 Å². The summed E-state index contributed by atoms with van der Waals surface area (Å²) >= 11 is 5.23. The van der Waals surface area contributed by atoms with E-state index < -0.39 is 0 Å². The van der Waals surface area contributed by atoms with E-state index >= 15 is 0 Å². The van der Waals surface area contributed by atoms with Crippen molar-refractivity contribution in [2.75, 3.05) is 0 Å². The Labute approximate surface area is 104 Å². The molecule has 0 saturated heterocycles. The predicted molar refractivity (Wildman–Crippen MR) is 68.3 cm³/mol. The molecule has 1 fully saturated rings. The Kier molecular flexibility index (Phi) is 3.86.